The molecule has 46 heavy (non-hydrogen) atoms. The second-order valence-corrected chi connectivity index (χ2v) is 12.7. The molecule has 1 fully saturated rings. The van der Waals surface area contributed by atoms with Gasteiger partial charge in [-0.3, -0.25) is 4.90 Å². The van der Waals surface area contributed by atoms with Crippen molar-refractivity contribution in [2.75, 3.05) is 19.7 Å². The first-order valence-corrected chi connectivity index (χ1v) is 16.4. The zero-order valence-electron chi connectivity index (χ0n) is 25.4. The topological polar surface area (TPSA) is 74.4 Å². The highest BCUT2D eigenvalue weighted by atomic mass is 35.5. The van der Waals surface area contributed by atoms with Crippen molar-refractivity contribution in [3.05, 3.63) is 98.9 Å². The van der Waals surface area contributed by atoms with Crippen molar-refractivity contribution in [3.63, 3.8) is 0 Å². The predicted octanol–water partition coefficient (Wildman–Crippen LogP) is 7.57. The molecule has 1 aliphatic heterocycles. The third-order valence-electron chi connectivity index (χ3n) is 8.30. The summed E-state index contributed by atoms with van der Waals surface area (Å²) in [6.07, 6.45) is 4.94. The van der Waals surface area contributed by atoms with E-state index in [9.17, 15) is 13.6 Å². The number of rotatable bonds is 11. The highest BCUT2D eigenvalue weighted by molar-refractivity contribution is 7.20. The minimum Gasteiger partial charge on any atom is -0.486 e. The summed E-state index contributed by atoms with van der Waals surface area (Å²) in [5, 5.41) is 0.249. The van der Waals surface area contributed by atoms with Crippen LogP contribution in [0.3, 0.4) is 0 Å². The Bertz CT molecular complexity index is 1860. The summed E-state index contributed by atoms with van der Waals surface area (Å²) in [5.74, 6) is -1.78. The Morgan fingerprint density at radius 1 is 1.04 bits per heavy atom. The molecule has 242 valence electrons. The molecule has 4 heterocycles. The van der Waals surface area contributed by atoms with Gasteiger partial charge in [-0.15, -0.1) is 11.3 Å². The number of halogens is 4. The summed E-state index contributed by atoms with van der Waals surface area (Å²) in [5.41, 5.74) is 2.49. The lowest BCUT2D eigenvalue weighted by molar-refractivity contribution is 0.0532. The number of hydrogen-bond acceptors (Lipinski definition) is 7. The van der Waals surface area contributed by atoms with Gasteiger partial charge in [-0.1, -0.05) is 17.7 Å². The van der Waals surface area contributed by atoms with Crippen LogP contribution < -0.4 is 4.74 Å². The summed E-state index contributed by atoms with van der Waals surface area (Å²) in [4.78, 5) is 25.2. The first-order chi connectivity index (χ1) is 22.2. The summed E-state index contributed by atoms with van der Waals surface area (Å²) in [7, 11) is 0. The fraction of sp³-hybridized carbons (Fsp3) is 0.364. The van der Waals surface area contributed by atoms with E-state index < -0.39 is 17.5 Å². The standard InChI is InChI=1S/C33H33ClF3N5O3S/c1-3-41-19-38-15-23(41)16-42-28-14-30(33(43)44-4-2)46-32(28)39-31(42)17-40-9-7-20(8-10-40)24-12-29(27(37)13-26(24)36)45-18-21-5-6-22(34)11-25(21)35/h5-6,11-15,19-20H,3-4,7-10,16-18H2,1-2H3. The number of thiophene rings is 1. The van der Waals surface area contributed by atoms with Crippen molar-refractivity contribution in [1.82, 2.24) is 24.0 Å². The van der Waals surface area contributed by atoms with E-state index >= 15 is 4.39 Å². The van der Waals surface area contributed by atoms with Crippen LogP contribution in [0.1, 0.15) is 64.9 Å². The van der Waals surface area contributed by atoms with E-state index in [0.717, 1.165) is 40.5 Å². The van der Waals surface area contributed by atoms with Crippen LogP contribution in [0.15, 0.2) is 48.9 Å². The molecule has 5 aromatic rings. The van der Waals surface area contributed by atoms with Crippen LogP contribution in [0.5, 0.6) is 5.75 Å². The molecule has 8 nitrogen and oxygen atoms in total. The smallest absolute Gasteiger partial charge is 0.348 e. The number of ether oxygens (including phenoxy) is 2. The third kappa shape index (κ3) is 6.79. The molecule has 1 aliphatic rings. The Morgan fingerprint density at radius 2 is 1.85 bits per heavy atom. The minimum atomic E-state index is -0.838. The van der Waals surface area contributed by atoms with Crippen LogP contribution in [0.2, 0.25) is 5.02 Å². The van der Waals surface area contributed by atoms with E-state index in [4.69, 9.17) is 26.1 Å². The van der Waals surface area contributed by atoms with Gasteiger partial charge in [0.05, 0.1) is 37.2 Å². The number of likely N-dealkylation sites (tertiary alicyclic amines) is 1. The number of fused-ring (bicyclic) bond motifs is 1. The second-order valence-electron chi connectivity index (χ2n) is 11.2. The highest BCUT2D eigenvalue weighted by Gasteiger charge is 2.27. The van der Waals surface area contributed by atoms with E-state index in [1.54, 1.807) is 13.3 Å². The van der Waals surface area contributed by atoms with Crippen LogP contribution in [-0.2, 0) is 31.0 Å². The molecule has 0 amide bonds. The number of benzene rings is 2. The van der Waals surface area contributed by atoms with Crippen molar-refractivity contribution in [1.29, 1.82) is 0 Å². The number of imidazole rings is 2. The van der Waals surface area contributed by atoms with Crippen molar-refractivity contribution in [3.8, 4) is 5.75 Å². The van der Waals surface area contributed by atoms with Gasteiger partial charge >= 0.3 is 5.97 Å². The van der Waals surface area contributed by atoms with Crippen molar-refractivity contribution in [2.24, 2.45) is 0 Å². The Hall–Kier alpha value is -3.87. The molecule has 0 aliphatic carbocycles. The maximum Gasteiger partial charge on any atom is 0.348 e. The fourth-order valence-corrected chi connectivity index (χ4v) is 6.96. The number of piperidine rings is 1. The maximum atomic E-state index is 15.0. The molecule has 3 aromatic heterocycles. The number of esters is 1. The monoisotopic (exact) mass is 671 g/mol. The Labute approximate surface area is 273 Å². The Balaban J connectivity index is 1.17. The second kappa shape index (κ2) is 13.9. The van der Waals surface area contributed by atoms with Crippen LogP contribution in [0.4, 0.5) is 13.2 Å². The molecule has 0 unspecified atom stereocenters. The van der Waals surface area contributed by atoms with E-state index in [1.807, 2.05) is 12.3 Å². The molecule has 13 heteroatoms. The minimum absolute atomic E-state index is 0.121. The molecule has 0 saturated carbocycles. The van der Waals surface area contributed by atoms with Gasteiger partial charge in [0.1, 0.15) is 33.8 Å². The summed E-state index contributed by atoms with van der Waals surface area (Å²) < 4.78 is 58.8. The number of nitrogens with zero attached hydrogens (tertiary/aromatic N) is 5. The van der Waals surface area contributed by atoms with E-state index in [2.05, 4.69) is 25.9 Å². The lowest BCUT2D eigenvalue weighted by Crippen LogP contribution is -2.33. The van der Waals surface area contributed by atoms with Crippen molar-refractivity contribution >= 4 is 39.3 Å². The largest absolute Gasteiger partial charge is 0.486 e. The average Bonchev–Trinajstić information content (AvgIpc) is 3.74. The van der Waals surface area contributed by atoms with Gasteiger partial charge in [-0.05, 0) is 75.5 Å². The normalized spacial score (nSPS) is 14.3. The molecule has 0 spiro atoms. The molecule has 0 bridgehead atoms. The number of hydrogen-bond donors (Lipinski definition) is 0. The predicted molar refractivity (Wildman–Crippen MR) is 170 cm³/mol. The lowest BCUT2D eigenvalue weighted by Gasteiger charge is -2.32. The molecule has 6 rings (SSSR count). The van der Waals surface area contributed by atoms with Crippen LogP contribution in [0, 0.1) is 17.5 Å². The van der Waals surface area contributed by atoms with Crippen LogP contribution in [0.25, 0.3) is 10.3 Å². The number of carbonyl (C=O) groups excluding carboxylic acids is 1. The highest BCUT2D eigenvalue weighted by Crippen LogP contribution is 2.35. The number of aryl methyl sites for hydroxylation is 1. The first-order valence-electron chi connectivity index (χ1n) is 15.2. The lowest BCUT2D eigenvalue weighted by atomic mass is 9.89. The van der Waals surface area contributed by atoms with Gasteiger partial charge in [0.2, 0.25) is 0 Å². The zero-order valence-corrected chi connectivity index (χ0v) is 27.0. The van der Waals surface area contributed by atoms with E-state index in [0.29, 0.717) is 56.1 Å². The van der Waals surface area contributed by atoms with Gasteiger partial charge < -0.3 is 18.6 Å². The summed E-state index contributed by atoms with van der Waals surface area (Å²) >= 11 is 7.13. The van der Waals surface area contributed by atoms with E-state index in [-0.39, 0.29) is 34.8 Å². The molecular formula is C33H33ClF3N5O3S. The number of carbonyl (C=O) groups is 1. The van der Waals surface area contributed by atoms with Crippen molar-refractivity contribution < 1.29 is 27.4 Å². The Kier molecular flexibility index (Phi) is 9.67. The molecule has 0 N–H and O–H groups in total. The molecule has 0 atom stereocenters. The number of aromatic nitrogens is 4. The van der Waals surface area contributed by atoms with Crippen molar-refractivity contribution in [2.45, 2.75) is 58.8 Å². The van der Waals surface area contributed by atoms with Gasteiger partial charge in [0.15, 0.2) is 11.6 Å². The summed E-state index contributed by atoms with van der Waals surface area (Å²) in [6.45, 7) is 7.15. The molecular weight excluding hydrogens is 639 g/mol. The van der Waals surface area contributed by atoms with Gasteiger partial charge in [-0.2, -0.15) is 0 Å². The third-order valence-corrected chi connectivity index (χ3v) is 9.54. The Morgan fingerprint density at radius 3 is 2.59 bits per heavy atom. The summed E-state index contributed by atoms with van der Waals surface area (Å²) in [6, 6.07) is 8.24. The zero-order chi connectivity index (χ0) is 32.4. The van der Waals surface area contributed by atoms with Gasteiger partial charge in [0, 0.05) is 29.4 Å². The maximum absolute atomic E-state index is 15.0. The molecule has 1 saturated heterocycles. The van der Waals surface area contributed by atoms with Crippen LogP contribution >= 0.6 is 22.9 Å². The SMILES string of the molecule is CCOC(=O)c1cc2c(nc(CN3CCC(c4cc(OCc5ccc(Cl)cc5F)c(F)cc4F)CC3)n2Cc2cncn2CC)s1. The molecule has 0 radical (unpaired) electrons. The quantitative estimate of drug-likeness (QED) is 0.135. The average molecular weight is 672 g/mol. The fourth-order valence-electron chi connectivity index (χ4n) is 5.85. The first kappa shape index (κ1) is 32.1. The van der Waals surface area contributed by atoms with Crippen LogP contribution in [-0.4, -0.2) is 49.7 Å². The van der Waals surface area contributed by atoms with E-state index in [1.165, 1.54) is 29.5 Å². The molecule has 2 aromatic carbocycles. The van der Waals surface area contributed by atoms with Gasteiger partial charge in [-0.25, -0.2) is 27.9 Å². The van der Waals surface area contributed by atoms with Gasteiger partial charge in [0.25, 0.3) is 0 Å².